The molecule has 0 radical (unpaired) electrons. The van der Waals surface area contributed by atoms with Crippen molar-refractivity contribution in [2.24, 2.45) is 5.92 Å². The van der Waals surface area contributed by atoms with Crippen molar-refractivity contribution < 1.29 is 12.9 Å². The molecule has 0 saturated carbocycles. The molecule has 1 N–H and O–H groups in total. The van der Waals surface area contributed by atoms with Gasteiger partial charge >= 0.3 is 0 Å². The first-order chi connectivity index (χ1) is 11.0. The van der Waals surface area contributed by atoms with E-state index in [1.807, 2.05) is 0 Å². The van der Waals surface area contributed by atoms with Gasteiger partial charge in [-0.1, -0.05) is 5.16 Å². The average molecular weight is 335 g/mol. The van der Waals surface area contributed by atoms with Gasteiger partial charge in [0.05, 0.1) is 4.90 Å². The first-order valence-electron chi connectivity index (χ1n) is 7.86. The van der Waals surface area contributed by atoms with E-state index in [2.05, 4.69) is 15.5 Å². The number of nitrogens with one attached hydrogen (secondary N) is 1. The van der Waals surface area contributed by atoms with E-state index in [0.717, 1.165) is 31.5 Å². The minimum absolute atomic E-state index is 0.288. The van der Waals surface area contributed by atoms with Crippen molar-refractivity contribution in [2.75, 3.05) is 19.3 Å². The Balaban J connectivity index is 1.71. The minimum Gasteiger partial charge on any atom is -0.339 e. The van der Waals surface area contributed by atoms with E-state index in [4.69, 9.17) is 4.52 Å². The predicted molar refractivity (Wildman–Crippen MR) is 86.8 cm³/mol. The summed E-state index contributed by atoms with van der Waals surface area (Å²) in [6, 6.07) is 6.55. The summed E-state index contributed by atoms with van der Waals surface area (Å²) in [6.45, 7) is 2.12. The maximum Gasteiger partial charge on any atom is 0.227 e. The van der Waals surface area contributed by atoms with Gasteiger partial charge in [-0.3, -0.25) is 0 Å². The van der Waals surface area contributed by atoms with Gasteiger partial charge in [-0.25, -0.2) is 8.42 Å². The van der Waals surface area contributed by atoms with E-state index >= 15 is 0 Å². The van der Waals surface area contributed by atoms with Crippen LogP contribution in [0, 0.1) is 5.92 Å². The van der Waals surface area contributed by atoms with Crippen LogP contribution in [0.2, 0.25) is 0 Å². The fourth-order valence-electron chi connectivity index (χ4n) is 2.85. The Morgan fingerprint density at radius 3 is 2.74 bits per heavy atom. The third-order valence-corrected chi connectivity index (χ3v) is 5.30. The normalized spacial score (nSPS) is 19.4. The second kappa shape index (κ2) is 6.80. The van der Waals surface area contributed by atoms with E-state index in [-0.39, 0.29) is 4.90 Å². The van der Waals surface area contributed by atoms with Crippen molar-refractivity contribution in [1.29, 1.82) is 0 Å². The lowest BCUT2D eigenvalue weighted by molar-refractivity contribution is 0.341. The molecule has 3 rings (SSSR count). The maximum absolute atomic E-state index is 11.5. The summed E-state index contributed by atoms with van der Waals surface area (Å²) in [4.78, 5) is 4.74. The van der Waals surface area contributed by atoms with Gasteiger partial charge in [0.15, 0.2) is 9.84 Å². The van der Waals surface area contributed by atoms with Crippen molar-refractivity contribution in [3.05, 3.63) is 30.2 Å². The Bertz CT molecular complexity index is 745. The first kappa shape index (κ1) is 16.1. The third kappa shape index (κ3) is 4.17. The van der Waals surface area contributed by atoms with Crippen LogP contribution in [0.15, 0.2) is 33.7 Å². The molecule has 1 aliphatic heterocycles. The summed E-state index contributed by atoms with van der Waals surface area (Å²) in [6.07, 6.45) is 5.47. The second-order valence-electron chi connectivity index (χ2n) is 6.06. The number of rotatable bonds is 4. The minimum atomic E-state index is -3.19. The van der Waals surface area contributed by atoms with Crippen LogP contribution >= 0.6 is 0 Å². The highest BCUT2D eigenvalue weighted by molar-refractivity contribution is 7.90. The summed E-state index contributed by atoms with van der Waals surface area (Å²) in [5, 5.41) is 7.41. The monoisotopic (exact) mass is 335 g/mol. The van der Waals surface area contributed by atoms with Gasteiger partial charge in [-0.05, 0) is 62.5 Å². The Hall–Kier alpha value is -1.73. The molecule has 124 valence electrons. The van der Waals surface area contributed by atoms with Gasteiger partial charge in [0, 0.05) is 18.2 Å². The molecule has 1 unspecified atom stereocenters. The number of hydrogen-bond acceptors (Lipinski definition) is 6. The Morgan fingerprint density at radius 1 is 1.22 bits per heavy atom. The third-order valence-electron chi connectivity index (χ3n) is 4.17. The molecular weight excluding hydrogens is 314 g/mol. The summed E-state index contributed by atoms with van der Waals surface area (Å²) in [5.74, 6) is 1.73. The van der Waals surface area contributed by atoms with Gasteiger partial charge in [-0.15, -0.1) is 0 Å². The van der Waals surface area contributed by atoms with E-state index in [0.29, 0.717) is 17.6 Å². The molecular formula is C16H21N3O3S. The van der Waals surface area contributed by atoms with E-state index in [1.165, 1.54) is 19.1 Å². The quantitative estimate of drug-likeness (QED) is 0.921. The topological polar surface area (TPSA) is 85.1 Å². The number of hydrogen-bond donors (Lipinski definition) is 1. The highest BCUT2D eigenvalue weighted by Crippen LogP contribution is 2.22. The van der Waals surface area contributed by atoms with Gasteiger partial charge in [-0.2, -0.15) is 4.98 Å². The lowest BCUT2D eigenvalue weighted by atomic mass is 9.97. The zero-order valence-electron chi connectivity index (χ0n) is 13.2. The van der Waals surface area contributed by atoms with Crippen LogP contribution in [0.4, 0.5) is 0 Å². The first-order valence-corrected chi connectivity index (χ1v) is 9.75. The molecule has 2 aromatic rings. The number of aromatic nitrogens is 2. The Labute approximate surface area is 136 Å². The predicted octanol–water partition coefficient (Wildman–Crippen LogP) is 2.07. The maximum atomic E-state index is 11.5. The van der Waals surface area contributed by atoms with Crippen LogP contribution in [0.25, 0.3) is 11.4 Å². The van der Waals surface area contributed by atoms with Crippen LogP contribution in [-0.4, -0.2) is 37.9 Å². The van der Waals surface area contributed by atoms with E-state index in [9.17, 15) is 8.42 Å². The number of sulfone groups is 1. The van der Waals surface area contributed by atoms with Crippen LogP contribution < -0.4 is 5.32 Å². The number of benzene rings is 1. The smallest absolute Gasteiger partial charge is 0.227 e. The molecule has 0 amide bonds. The molecule has 1 fully saturated rings. The summed E-state index contributed by atoms with van der Waals surface area (Å²) in [7, 11) is -3.19. The molecule has 7 heteroatoms. The lowest BCUT2D eigenvalue weighted by Gasteiger charge is -2.09. The molecule has 1 aromatic carbocycles. The molecule has 1 atom stereocenters. The van der Waals surface area contributed by atoms with Crippen molar-refractivity contribution in [3.8, 4) is 11.4 Å². The van der Waals surface area contributed by atoms with Crippen molar-refractivity contribution in [3.63, 3.8) is 0 Å². The molecule has 0 bridgehead atoms. The fraction of sp³-hybridized carbons (Fsp3) is 0.500. The zero-order valence-corrected chi connectivity index (χ0v) is 14.0. The van der Waals surface area contributed by atoms with Crippen LogP contribution in [0.1, 0.15) is 25.2 Å². The largest absolute Gasteiger partial charge is 0.339 e. The molecule has 1 aromatic heterocycles. The van der Waals surface area contributed by atoms with Crippen molar-refractivity contribution >= 4 is 9.84 Å². The fourth-order valence-corrected chi connectivity index (χ4v) is 3.48. The molecule has 1 saturated heterocycles. The lowest BCUT2D eigenvalue weighted by Crippen LogP contribution is -2.14. The highest BCUT2D eigenvalue weighted by atomic mass is 32.2. The second-order valence-corrected chi connectivity index (χ2v) is 8.08. The van der Waals surface area contributed by atoms with Gasteiger partial charge in [0.1, 0.15) is 0 Å². The van der Waals surface area contributed by atoms with Crippen LogP contribution in [0.5, 0.6) is 0 Å². The van der Waals surface area contributed by atoms with Crippen molar-refractivity contribution in [2.45, 2.75) is 30.6 Å². The summed E-state index contributed by atoms with van der Waals surface area (Å²) in [5.41, 5.74) is 0.759. The van der Waals surface area contributed by atoms with Gasteiger partial charge in [0.2, 0.25) is 11.7 Å². The van der Waals surface area contributed by atoms with Crippen molar-refractivity contribution in [1.82, 2.24) is 15.5 Å². The molecule has 23 heavy (non-hydrogen) atoms. The highest BCUT2D eigenvalue weighted by Gasteiger charge is 2.17. The standard InChI is InChI=1S/C16H21N3O3S/c1-23(20,21)14-6-4-13(5-7-14)16-18-15(22-19-16)11-12-3-2-9-17-10-8-12/h4-7,12,17H,2-3,8-11H2,1H3. The van der Waals surface area contributed by atoms with E-state index < -0.39 is 9.84 Å². The van der Waals surface area contributed by atoms with Crippen LogP contribution in [-0.2, 0) is 16.3 Å². The molecule has 1 aliphatic rings. The van der Waals surface area contributed by atoms with Crippen LogP contribution in [0.3, 0.4) is 0 Å². The molecule has 0 spiro atoms. The molecule has 0 aliphatic carbocycles. The summed E-state index contributed by atoms with van der Waals surface area (Å²) >= 11 is 0. The van der Waals surface area contributed by atoms with Gasteiger partial charge < -0.3 is 9.84 Å². The SMILES string of the molecule is CS(=O)(=O)c1ccc(-c2noc(CC3CCCNCC3)n2)cc1. The van der Waals surface area contributed by atoms with E-state index in [1.54, 1.807) is 24.3 Å². The van der Waals surface area contributed by atoms with Gasteiger partial charge in [0.25, 0.3) is 0 Å². The Kier molecular flexibility index (Phi) is 4.77. The molecule has 2 heterocycles. The number of nitrogens with zero attached hydrogens (tertiary/aromatic N) is 2. The average Bonchev–Trinajstić information content (AvgIpc) is 2.83. The zero-order chi connectivity index (χ0) is 16.3. The summed E-state index contributed by atoms with van der Waals surface area (Å²) < 4.78 is 28.3. The Morgan fingerprint density at radius 2 is 2.00 bits per heavy atom. The molecule has 6 nitrogen and oxygen atoms in total.